The Morgan fingerprint density at radius 3 is 2.63 bits per heavy atom. The van der Waals surface area contributed by atoms with Crippen molar-refractivity contribution in [3.05, 3.63) is 54.5 Å². The van der Waals surface area contributed by atoms with E-state index in [4.69, 9.17) is 0 Å². The highest BCUT2D eigenvalue weighted by atomic mass is 32.2. The lowest BCUT2D eigenvalue weighted by atomic mass is 10.3. The molecule has 1 saturated heterocycles. The van der Waals surface area contributed by atoms with Crippen molar-refractivity contribution < 1.29 is 14.0 Å². The van der Waals surface area contributed by atoms with Crippen LogP contribution in [-0.4, -0.2) is 65.1 Å². The monoisotopic (exact) mass is 388 g/mol. The molecule has 0 radical (unpaired) electrons. The van der Waals surface area contributed by atoms with Crippen molar-refractivity contribution >= 4 is 29.3 Å². The van der Waals surface area contributed by atoms with Gasteiger partial charge in [0.25, 0.3) is 0 Å². The molecule has 1 aliphatic heterocycles. The van der Waals surface area contributed by atoms with Gasteiger partial charge in [-0.3, -0.25) is 14.5 Å². The van der Waals surface area contributed by atoms with Crippen molar-refractivity contribution in [1.82, 2.24) is 14.8 Å². The third-order valence-corrected chi connectivity index (χ3v) is 5.11. The molecular weight excluding hydrogens is 367 g/mol. The minimum absolute atomic E-state index is 0.0783. The van der Waals surface area contributed by atoms with Crippen LogP contribution in [0, 0.1) is 5.82 Å². The van der Waals surface area contributed by atoms with Gasteiger partial charge in [-0.05, 0) is 30.3 Å². The smallest absolute Gasteiger partial charge is 0.238 e. The number of hydrogen-bond donors (Lipinski definition) is 1. The average Bonchev–Trinajstić information content (AvgIpc) is 2.67. The highest BCUT2D eigenvalue weighted by molar-refractivity contribution is 7.99. The Morgan fingerprint density at radius 2 is 1.93 bits per heavy atom. The third kappa shape index (κ3) is 6.04. The van der Waals surface area contributed by atoms with Gasteiger partial charge in [-0.1, -0.05) is 23.9 Å². The predicted molar refractivity (Wildman–Crippen MR) is 103 cm³/mol. The zero-order valence-corrected chi connectivity index (χ0v) is 15.6. The number of pyridine rings is 1. The van der Waals surface area contributed by atoms with Crippen LogP contribution in [0.1, 0.15) is 0 Å². The molecule has 0 saturated carbocycles. The molecule has 2 aromatic rings. The molecule has 2 amide bonds. The highest BCUT2D eigenvalue weighted by Crippen LogP contribution is 2.15. The first-order chi connectivity index (χ1) is 13.1. The van der Waals surface area contributed by atoms with Crippen LogP contribution in [0.15, 0.2) is 53.7 Å². The number of nitrogens with one attached hydrogen (secondary N) is 1. The fourth-order valence-electron chi connectivity index (χ4n) is 2.78. The maximum Gasteiger partial charge on any atom is 0.238 e. The van der Waals surface area contributed by atoms with E-state index in [-0.39, 0.29) is 24.2 Å². The zero-order chi connectivity index (χ0) is 19.1. The van der Waals surface area contributed by atoms with E-state index in [0.29, 0.717) is 37.6 Å². The molecule has 1 aliphatic rings. The van der Waals surface area contributed by atoms with Gasteiger partial charge >= 0.3 is 0 Å². The molecule has 0 unspecified atom stereocenters. The van der Waals surface area contributed by atoms with E-state index in [0.717, 1.165) is 5.03 Å². The molecule has 0 bridgehead atoms. The Kier molecular flexibility index (Phi) is 6.78. The summed E-state index contributed by atoms with van der Waals surface area (Å²) < 4.78 is 13.2. The van der Waals surface area contributed by atoms with Gasteiger partial charge in [0.05, 0.1) is 17.3 Å². The molecule has 1 N–H and O–H groups in total. The molecule has 0 aliphatic carbocycles. The van der Waals surface area contributed by atoms with Gasteiger partial charge in [-0.25, -0.2) is 9.37 Å². The van der Waals surface area contributed by atoms with E-state index < -0.39 is 0 Å². The highest BCUT2D eigenvalue weighted by Gasteiger charge is 2.22. The normalized spacial score (nSPS) is 14.8. The number of hydrogen-bond acceptors (Lipinski definition) is 5. The summed E-state index contributed by atoms with van der Waals surface area (Å²) in [7, 11) is 0. The van der Waals surface area contributed by atoms with Crippen LogP contribution in [0.2, 0.25) is 0 Å². The molecule has 6 nitrogen and oxygen atoms in total. The molecule has 1 aromatic heterocycles. The number of rotatable bonds is 6. The second kappa shape index (κ2) is 9.48. The summed E-state index contributed by atoms with van der Waals surface area (Å²) in [6.45, 7) is 2.68. The van der Waals surface area contributed by atoms with Crippen molar-refractivity contribution in [3.8, 4) is 0 Å². The lowest BCUT2D eigenvalue weighted by Gasteiger charge is -2.34. The molecule has 1 aromatic carbocycles. The Morgan fingerprint density at radius 1 is 1.11 bits per heavy atom. The molecule has 1 fully saturated rings. The van der Waals surface area contributed by atoms with E-state index in [9.17, 15) is 14.0 Å². The van der Waals surface area contributed by atoms with Crippen LogP contribution in [0.5, 0.6) is 0 Å². The Labute approximate surface area is 161 Å². The number of amides is 2. The van der Waals surface area contributed by atoms with Gasteiger partial charge in [0.15, 0.2) is 0 Å². The standard InChI is InChI=1S/C19H21FN4O2S/c20-15-4-3-5-16(12-15)22-17(25)13-23-8-10-24(11-9-23)19(26)14-27-18-6-1-2-7-21-18/h1-7,12H,8-11,13-14H2,(H,22,25). The van der Waals surface area contributed by atoms with Crippen molar-refractivity contribution in [2.24, 2.45) is 0 Å². The maximum atomic E-state index is 13.2. The minimum Gasteiger partial charge on any atom is -0.339 e. The number of aromatic nitrogens is 1. The van der Waals surface area contributed by atoms with Gasteiger partial charge in [-0.2, -0.15) is 0 Å². The fourth-order valence-corrected chi connectivity index (χ4v) is 3.55. The lowest BCUT2D eigenvalue weighted by molar-refractivity contribution is -0.130. The first-order valence-corrected chi connectivity index (χ1v) is 9.68. The van der Waals surface area contributed by atoms with E-state index in [1.54, 1.807) is 18.3 Å². The largest absolute Gasteiger partial charge is 0.339 e. The molecule has 3 rings (SSSR count). The van der Waals surface area contributed by atoms with E-state index in [1.807, 2.05) is 28.0 Å². The Balaban J connectivity index is 1.39. The summed E-state index contributed by atoms with van der Waals surface area (Å²) in [5.41, 5.74) is 0.445. The van der Waals surface area contributed by atoms with Crippen LogP contribution in [0.4, 0.5) is 10.1 Å². The van der Waals surface area contributed by atoms with Gasteiger partial charge in [-0.15, -0.1) is 0 Å². The number of halogens is 1. The molecule has 8 heteroatoms. The zero-order valence-electron chi connectivity index (χ0n) is 14.8. The van der Waals surface area contributed by atoms with Crippen molar-refractivity contribution in [2.45, 2.75) is 5.03 Å². The number of piperazine rings is 1. The summed E-state index contributed by atoms with van der Waals surface area (Å²) in [5, 5.41) is 3.52. The molecule has 2 heterocycles. The summed E-state index contributed by atoms with van der Waals surface area (Å²) in [5.74, 6) is -0.138. The number of carbonyl (C=O) groups excluding carboxylic acids is 2. The second-order valence-corrected chi connectivity index (χ2v) is 7.17. The number of benzene rings is 1. The summed E-state index contributed by atoms with van der Waals surface area (Å²) >= 11 is 1.43. The van der Waals surface area contributed by atoms with Crippen LogP contribution in [-0.2, 0) is 9.59 Å². The van der Waals surface area contributed by atoms with Crippen molar-refractivity contribution in [3.63, 3.8) is 0 Å². The van der Waals surface area contributed by atoms with Gasteiger partial charge in [0.1, 0.15) is 5.82 Å². The maximum absolute atomic E-state index is 13.2. The van der Waals surface area contributed by atoms with Crippen LogP contribution < -0.4 is 5.32 Å². The topological polar surface area (TPSA) is 65.5 Å². The van der Waals surface area contributed by atoms with Crippen LogP contribution in [0.25, 0.3) is 0 Å². The van der Waals surface area contributed by atoms with E-state index >= 15 is 0 Å². The first-order valence-electron chi connectivity index (χ1n) is 8.69. The molecule has 142 valence electrons. The van der Waals surface area contributed by atoms with Crippen molar-refractivity contribution in [1.29, 1.82) is 0 Å². The molecule has 27 heavy (non-hydrogen) atoms. The molecular formula is C19H21FN4O2S. The van der Waals surface area contributed by atoms with Crippen LogP contribution in [0.3, 0.4) is 0 Å². The Bertz CT molecular complexity index is 782. The Hall–Kier alpha value is -2.45. The number of carbonyl (C=O) groups is 2. The quantitative estimate of drug-likeness (QED) is 0.768. The summed E-state index contributed by atoms with van der Waals surface area (Å²) in [6.07, 6.45) is 1.71. The van der Waals surface area contributed by atoms with Gasteiger partial charge < -0.3 is 10.2 Å². The average molecular weight is 388 g/mol. The molecule has 0 spiro atoms. The molecule has 0 atom stereocenters. The van der Waals surface area contributed by atoms with Gasteiger partial charge in [0, 0.05) is 38.1 Å². The number of anilines is 1. The fraction of sp³-hybridized carbons (Fsp3) is 0.316. The van der Waals surface area contributed by atoms with E-state index in [1.165, 1.54) is 23.9 Å². The second-order valence-electron chi connectivity index (χ2n) is 6.17. The first kappa shape index (κ1) is 19.3. The SMILES string of the molecule is O=C(CN1CCN(C(=O)CSc2ccccn2)CC1)Nc1cccc(F)c1. The number of thioether (sulfide) groups is 1. The third-order valence-electron chi connectivity index (χ3n) is 4.18. The van der Waals surface area contributed by atoms with Gasteiger partial charge in [0.2, 0.25) is 11.8 Å². The summed E-state index contributed by atoms with van der Waals surface area (Å²) in [4.78, 5) is 32.4. The summed E-state index contributed by atoms with van der Waals surface area (Å²) in [6, 6.07) is 11.4. The lowest BCUT2D eigenvalue weighted by Crippen LogP contribution is -2.50. The number of nitrogens with zero attached hydrogens (tertiary/aromatic N) is 3. The predicted octanol–water partition coefficient (Wildman–Crippen LogP) is 2.10. The van der Waals surface area contributed by atoms with Crippen molar-refractivity contribution in [2.75, 3.05) is 43.8 Å². The van der Waals surface area contributed by atoms with E-state index in [2.05, 4.69) is 10.3 Å². The minimum atomic E-state index is -0.386. The van der Waals surface area contributed by atoms with Crippen LogP contribution >= 0.6 is 11.8 Å².